The van der Waals surface area contributed by atoms with Crippen LogP contribution >= 0.6 is 0 Å². The van der Waals surface area contributed by atoms with Crippen molar-refractivity contribution < 1.29 is 28.7 Å². The van der Waals surface area contributed by atoms with Crippen LogP contribution in [0.3, 0.4) is 0 Å². The minimum absolute atomic E-state index is 0.0894. The lowest BCUT2D eigenvalue weighted by atomic mass is 9.83. The maximum Gasteiger partial charge on any atom is 0.350 e. The van der Waals surface area contributed by atoms with Crippen molar-refractivity contribution in [3.8, 4) is 29.1 Å². The topological polar surface area (TPSA) is 147 Å². The molecule has 1 aliphatic rings. The molecule has 200 valence electrons. The highest BCUT2D eigenvalue weighted by molar-refractivity contribution is 5.95. The number of nitrogens with zero attached hydrogens (tertiary/aromatic N) is 2. The van der Waals surface area contributed by atoms with Crippen LogP contribution in [-0.2, 0) is 0 Å². The molecular weight excluding hydrogens is 502 g/mol. The first-order valence-corrected chi connectivity index (χ1v) is 12.2. The maximum atomic E-state index is 12.7. The number of nitriles is 1. The molecule has 10 nitrogen and oxygen atoms in total. The Morgan fingerprint density at radius 1 is 1.15 bits per heavy atom. The summed E-state index contributed by atoms with van der Waals surface area (Å²) in [5.41, 5.74) is 7.11. The number of fused-ring (bicyclic) bond motifs is 1. The Morgan fingerprint density at radius 2 is 1.92 bits per heavy atom. The first-order valence-electron chi connectivity index (χ1n) is 12.2. The largest absolute Gasteiger partial charge is 0.493 e. The van der Waals surface area contributed by atoms with Gasteiger partial charge in [-0.25, -0.2) is 4.79 Å². The van der Waals surface area contributed by atoms with Crippen molar-refractivity contribution in [3.63, 3.8) is 0 Å². The molecule has 39 heavy (non-hydrogen) atoms. The average Bonchev–Trinajstić information content (AvgIpc) is 2.92. The van der Waals surface area contributed by atoms with E-state index in [4.69, 9.17) is 24.7 Å². The Morgan fingerprint density at radius 3 is 2.62 bits per heavy atom. The number of hydrogen-bond donors (Lipinski definition) is 1. The van der Waals surface area contributed by atoms with Crippen LogP contribution in [0.1, 0.15) is 47.7 Å². The van der Waals surface area contributed by atoms with Crippen molar-refractivity contribution in [2.24, 2.45) is 11.7 Å². The molecule has 0 saturated carbocycles. The van der Waals surface area contributed by atoms with Gasteiger partial charge in [-0.05, 0) is 42.2 Å². The van der Waals surface area contributed by atoms with Crippen LogP contribution in [0.5, 0.6) is 23.0 Å². The van der Waals surface area contributed by atoms with Crippen molar-refractivity contribution in [1.82, 2.24) is 0 Å². The summed E-state index contributed by atoms with van der Waals surface area (Å²) >= 11 is 0. The van der Waals surface area contributed by atoms with Crippen molar-refractivity contribution in [2.75, 3.05) is 13.7 Å². The third kappa shape index (κ3) is 5.78. The number of nitro groups is 1. The summed E-state index contributed by atoms with van der Waals surface area (Å²) in [5, 5.41) is 21.2. The van der Waals surface area contributed by atoms with Gasteiger partial charge in [0.25, 0.3) is 5.69 Å². The summed E-state index contributed by atoms with van der Waals surface area (Å²) in [7, 11) is 1.54. The summed E-state index contributed by atoms with van der Waals surface area (Å²) < 4.78 is 22.6. The van der Waals surface area contributed by atoms with Crippen molar-refractivity contribution in [2.45, 2.75) is 26.2 Å². The lowest BCUT2D eigenvalue weighted by Crippen LogP contribution is -2.21. The molecule has 4 rings (SSSR count). The van der Waals surface area contributed by atoms with E-state index in [0.717, 1.165) is 12.0 Å². The molecule has 0 fully saturated rings. The molecule has 1 atom stereocenters. The maximum absolute atomic E-state index is 12.7. The smallest absolute Gasteiger partial charge is 0.350 e. The molecule has 1 unspecified atom stereocenters. The number of carbonyl (C=O) groups is 1. The van der Waals surface area contributed by atoms with Crippen LogP contribution in [0.4, 0.5) is 5.69 Å². The van der Waals surface area contributed by atoms with Gasteiger partial charge in [0.05, 0.1) is 24.6 Å². The van der Waals surface area contributed by atoms with Gasteiger partial charge in [-0.3, -0.25) is 10.1 Å². The highest BCUT2D eigenvalue weighted by Gasteiger charge is 2.32. The highest BCUT2D eigenvalue weighted by Crippen LogP contribution is 2.45. The molecule has 0 aliphatic carbocycles. The number of rotatable bonds is 9. The first kappa shape index (κ1) is 27.0. The Labute approximate surface area is 225 Å². The SMILES string of the molecule is COc1cc(C2C(C#N)=C(N)Oc3cc(OC(=O)c4ccccc4[N+](=O)[O-])ccc32)ccc1OCCC(C)C. The van der Waals surface area contributed by atoms with Crippen LogP contribution in [0, 0.1) is 27.4 Å². The summed E-state index contributed by atoms with van der Waals surface area (Å²) in [6.45, 7) is 4.77. The van der Waals surface area contributed by atoms with Crippen molar-refractivity contribution in [3.05, 3.63) is 98.9 Å². The van der Waals surface area contributed by atoms with Crippen LogP contribution in [-0.4, -0.2) is 24.6 Å². The molecule has 0 aromatic heterocycles. The van der Waals surface area contributed by atoms with Gasteiger partial charge in [0.15, 0.2) is 11.5 Å². The molecule has 10 heteroatoms. The van der Waals surface area contributed by atoms with Gasteiger partial charge in [-0.1, -0.05) is 38.1 Å². The van der Waals surface area contributed by atoms with E-state index in [-0.39, 0.29) is 34.2 Å². The molecular formula is C29H27N3O7. The summed E-state index contributed by atoms with van der Waals surface area (Å²) in [4.78, 5) is 23.3. The van der Waals surface area contributed by atoms with Gasteiger partial charge in [0.2, 0.25) is 5.88 Å². The summed E-state index contributed by atoms with van der Waals surface area (Å²) in [6.07, 6.45) is 0.890. The van der Waals surface area contributed by atoms with Gasteiger partial charge >= 0.3 is 5.97 Å². The second-order valence-corrected chi connectivity index (χ2v) is 9.23. The summed E-state index contributed by atoms with van der Waals surface area (Å²) in [5.74, 6) is 0.389. The zero-order valence-corrected chi connectivity index (χ0v) is 21.7. The van der Waals surface area contributed by atoms with Crippen LogP contribution in [0.25, 0.3) is 0 Å². The number of nitrogens with two attached hydrogens (primary N) is 1. The monoisotopic (exact) mass is 529 g/mol. The molecule has 0 spiro atoms. The summed E-state index contributed by atoms with van der Waals surface area (Å²) in [6, 6.07) is 17.7. The number of methoxy groups -OCH3 is 1. The van der Waals surface area contributed by atoms with Crippen LogP contribution in [0.15, 0.2) is 72.1 Å². The molecule has 3 aromatic rings. The Balaban J connectivity index is 1.66. The number of para-hydroxylation sites is 1. The van der Waals surface area contributed by atoms with E-state index < -0.39 is 16.8 Å². The third-order valence-electron chi connectivity index (χ3n) is 6.20. The van der Waals surface area contributed by atoms with E-state index in [1.54, 1.807) is 25.3 Å². The fraction of sp³-hybridized carbons (Fsp3) is 0.241. The lowest BCUT2D eigenvalue weighted by Gasteiger charge is -2.27. The average molecular weight is 530 g/mol. The number of ether oxygens (including phenoxy) is 4. The number of carbonyl (C=O) groups excluding carboxylic acids is 1. The van der Waals surface area contributed by atoms with Crippen LogP contribution in [0.2, 0.25) is 0 Å². The highest BCUT2D eigenvalue weighted by atomic mass is 16.6. The normalized spacial score (nSPS) is 14.2. The zero-order chi connectivity index (χ0) is 28.1. The molecule has 3 aromatic carbocycles. The van der Waals surface area contributed by atoms with E-state index in [2.05, 4.69) is 19.9 Å². The van der Waals surface area contributed by atoms with Crippen LogP contribution < -0.4 is 24.7 Å². The number of allylic oxidation sites excluding steroid dienone is 1. The molecule has 0 amide bonds. The molecule has 0 bridgehead atoms. The Bertz CT molecular complexity index is 1490. The molecule has 0 radical (unpaired) electrons. The fourth-order valence-corrected chi connectivity index (χ4v) is 4.20. The molecule has 1 heterocycles. The molecule has 2 N–H and O–H groups in total. The van der Waals surface area contributed by atoms with E-state index in [0.29, 0.717) is 29.6 Å². The van der Waals surface area contributed by atoms with Gasteiger partial charge in [0.1, 0.15) is 28.7 Å². The number of benzene rings is 3. The predicted molar refractivity (Wildman–Crippen MR) is 142 cm³/mol. The molecule has 0 saturated heterocycles. The molecule has 1 aliphatic heterocycles. The van der Waals surface area contributed by atoms with E-state index in [1.807, 2.05) is 6.07 Å². The van der Waals surface area contributed by atoms with Crippen molar-refractivity contribution >= 4 is 11.7 Å². The van der Waals surface area contributed by atoms with Gasteiger partial charge in [-0.2, -0.15) is 5.26 Å². The minimum atomic E-state index is -0.895. The minimum Gasteiger partial charge on any atom is -0.493 e. The van der Waals surface area contributed by atoms with Gasteiger partial charge < -0.3 is 24.7 Å². The van der Waals surface area contributed by atoms with Gasteiger partial charge in [0, 0.05) is 17.7 Å². The predicted octanol–water partition coefficient (Wildman–Crippen LogP) is 5.47. The standard InChI is InChI=1S/C29H27N3O7/c1-17(2)12-13-37-24-11-8-18(14-26(24)36-3)27-21-10-9-19(15-25(21)39-28(31)22(27)16-30)38-29(33)20-6-4-5-7-23(20)32(34)35/h4-11,14-15,17,27H,12-13,31H2,1-3H3. The first-order chi connectivity index (χ1) is 18.7. The van der Waals surface area contributed by atoms with E-state index in [1.165, 1.54) is 36.4 Å². The second kappa shape index (κ2) is 11.6. The Hall–Kier alpha value is -5.04. The number of hydrogen-bond acceptors (Lipinski definition) is 9. The number of nitro benzene ring substituents is 1. The third-order valence-corrected chi connectivity index (χ3v) is 6.20. The Kier molecular flexibility index (Phi) is 8.01. The van der Waals surface area contributed by atoms with E-state index >= 15 is 0 Å². The zero-order valence-electron chi connectivity index (χ0n) is 21.7. The van der Waals surface area contributed by atoms with Gasteiger partial charge in [-0.15, -0.1) is 0 Å². The van der Waals surface area contributed by atoms with Crippen molar-refractivity contribution in [1.29, 1.82) is 5.26 Å². The second-order valence-electron chi connectivity index (χ2n) is 9.23. The van der Waals surface area contributed by atoms with E-state index in [9.17, 15) is 20.2 Å². The lowest BCUT2D eigenvalue weighted by molar-refractivity contribution is -0.385. The number of esters is 1. The quantitative estimate of drug-likeness (QED) is 0.165. The fourth-order valence-electron chi connectivity index (χ4n) is 4.20.